The number of carbonyl (C=O) groups is 3. The number of allylic oxidation sites excluding steroid dienone is 8. The summed E-state index contributed by atoms with van der Waals surface area (Å²) in [5, 5.41) is 0. The molecule has 0 N–H and O–H groups in total. The Kier molecular flexibility index (Phi) is 61.7. The van der Waals surface area contributed by atoms with Crippen molar-refractivity contribution in [3.63, 3.8) is 0 Å². The average Bonchev–Trinajstić information content (AvgIpc) is 3.41. The molecule has 6 nitrogen and oxygen atoms in total. The SMILES string of the molecule is CCCCC/C=C\C/C=C\CCCCCCCC(=O)OC(COC(=O)CCCCCCCCCCCCC)COC(=O)CCCCCCCCCCCCCCCCCCCCC/C=C\C/C=C\CCCCCCC. The summed E-state index contributed by atoms with van der Waals surface area (Å²) >= 11 is 0. The zero-order valence-electron chi connectivity index (χ0n) is 50.3. The summed E-state index contributed by atoms with van der Waals surface area (Å²) < 4.78 is 16.9. The monoisotopic (exact) mass is 1050 g/mol. The van der Waals surface area contributed by atoms with Crippen LogP contribution >= 0.6 is 0 Å². The maximum atomic E-state index is 12.9. The fraction of sp³-hybridized carbons (Fsp3) is 0.841. The molecule has 0 aromatic rings. The summed E-state index contributed by atoms with van der Waals surface area (Å²) in [7, 11) is 0. The Morgan fingerprint density at radius 2 is 0.480 bits per heavy atom. The van der Waals surface area contributed by atoms with Crippen molar-refractivity contribution in [1.82, 2.24) is 0 Å². The lowest BCUT2D eigenvalue weighted by atomic mass is 10.0. The topological polar surface area (TPSA) is 78.9 Å². The van der Waals surface area contributed by atoms with Crippen LogP contribution in [0.5, 0.6) is 0 Å². The van der Waals surface area contributed by atoms with Gasteiger partial charge in [0.2, 0.25) is 0 Å². The van der Waals surface area contributed by atoms with Gasteiger partial charge in [-0.05, 0) is 83.5 Å². The van der Waals surface area contributed by atoms with Gasteiger partial charge >= 0.3 is 17.9 Å². The number of carbonyl (C=O) groups excluding carboxylic acids is 3. The molecule has 0 aliphatic carbocycles. The Balaban J connectivity index is 4.10. The molecule has 0 bridgehead atoms. The molecule has 0 aliphatic heterocycles. The summed E-state index contributed by atoms with van der Waals surface area (Å²) in [4.78, 5) is 38.2. The molecule has 0 amide bonds. The molecule has 0 radical (unpaired) electrons. The van der Waals surface area contributed by atoms with E-state index in [1.54, 1.807) is 0 Å². The molecule has 0 aliphatic rings. The molecule has 0 fully saturated rings. The van der Waals surface area contributed by atoms with Crippen molar-refractivity contribution in [3.05, 3.63) is 48.6 Å². The van der Waals surface area contributed by atoms with E-state index in [1.165, 1.54) is 225 Å². The van der Waals surface area contributed by atoms with Gasteiger partial charge in [0.1, 0.15) is 13.2 Å². The van der Waals surface area contributed by atoms with Crippen LogP contribution in [0.15, 0.2) is 48.6 Å². The molecule has 0 spiro atoms. The van der Waals surface area contributed by atoms with E-state index >= 15 is 0 Å². The molecule has 0 saturated carbocycles. The predicted molar refractivity (Wildman–Crippen MR) is 325 cm³/mol. The van der Waals surface area contributed by atoms with Gasteiger partial charge in [0, 0.05) is 19.3 Å². The van der Waals surface area contributed by atoms with E-state index < -0.39 is 6.10 Å². The van der Waals surface area contributed by atoms with Crippen LogP contribution in [0.3, 0.4) is 0 Å². The smallest absolute Gasteiger partial charge is 0.306 e. The van der Waals surface area contributed by atoms with Gasteiger partial charge in [-0.3, -0.25) is 14.4 Å². The molecule has 0 heterocycles. The first-order valence-corrected chi connectivity index (χ1v) is 33.1. The minimum absolute atomic E-state index is 0.0741. The lowest BCUT2D eigenvalue weighted by Crippen LogP contribution is -2.30. The number of unbranched alkanes of at least 4 members (excludes halogenated alkanes) is 42. The van der Waals surface area contributed by atoms with Crippen LogP contribution in [0, 0.1) is 0 Å². The van der Waals surface area contributed by atoms with Crippen LogP contribution in [0.4, 0.5) is 0 Å². The first kappa shape index (κ1) is 72.4. The number of hydrogen-bond acceptors (Lipinski definition) is 6. The first-order valence-electron chi connectivity index (χ1n) is 33.1. The van der Waals surface area contributed by atoms with Crippen LogP contribution in [-0.4, -0.2) is 37.2 Å². The van der Waals surface area contributed by atoms with E-state index in [1.807, 2.05) is 0 Å². The number of rotatable bonds is 61. The summed E-state index contributed by atoms with van der Waals surface area (Å²) in [6.07, 6.45) is 80.0. The molecule has 0 saturated heterocycles. The maximum absolute atomic E-state index is 12.9. The Labute approximate surface area is 467 Å². The fourth-order valence-electron chi connectivity index (χ4n) is 9.80. The quantitative estimate of drug-likeness (QED) is 0.0261. The highest BCUT2D eigenvalue weighted by Gasteiger charge is 2.19. The highest BCUT2D eigenvalue weighted by atomic mass is 16.6. The summed E-state index contributed by atoms with van der Waals surface area (Å²) in [5.74, 6) is -0.869. The molecule has 0 rings (SSSR count). The highest BCUT2D eigenvalue weighted by Crippen LogP contribution is 2.17. The largest absolute Gasteiger partial charge is 0.462 e. The summed E-state index contributed by atoms with van der Waals surface area (Å²) in [6.45, 7) is 6.63. The Bertz CT molecular complexity index is 1300. The van der Waals surface area contributed by atoms with Gasteiger partial charge in [-0.1, -0.05) is 301 Å². The minimum Gasteiger partial charge on any atom is -0.462 e. The Morgan fingerprint density at radius 1 is 0.267 bits per heavy atom. The zero-order chi connectivity index (χ0) is 54.3. The summed E-state index contributed by atoms with van der Waals surface area (Å²) in [6, 6.07) is 0. The molecule has 0 aromatic heterocycles. The van der Waals surface area contributed by atoms with Crippen LogP contribution in [0.2, 0.25) is 0 Å². The van der Waals surface area contributed by atoms with Crippen molar-refractivity contribution >= 4 is 17.9 Å². The predicted octanol–water partition coefficient (Wildman–Crippen LogP) is 22.6. The van der Waals surface area contributed by atoms with Gasteiger partial charge in [-0.2, -0.15) is 0 Å². The van der Waals surface area contributed by atoms with Gasteiger partial charge in [-0.15, -0.1) is 0 Å². The molecule has 75 heavy (non-hydrogen) atoms. The molecule has 438 valence electrons. The van der Waals surface area contributed by atoms with Crippen molar-refractivity contribution in [2.24, 2.45) is 0 Å². The molecule has 6 heteroatoms. The molecular weight excluding hydrogens is 925 g/mol. The van der Waals surface area contributed by atoms with Crippen LogP contribution in [0.1, 0.15) is 355 Å². The van der Waals surface area contributed by atoms with Gasteiger partial charge in [-0.25, -0.2) is 0 Å². The Hall–Kier alpha value is -2.63. The molecule has 1 atom stereocenters. The second-order valence-corrected chi connectivity index (χ2v) is 22.4. The highest BCUT2D eigenvalue weighted by molar-refractivity contribution is 5.71. The second-order valence-electron chi connectivity index (χ2n) is 22.4. The van der Waals surface area contributed by atoms with Gasteiger partial charge in [0.25, 0.3) is 0 Å². The maximum Gasteiger partial charge on any atom is 0.306 e. The number of ether oxygens (including phenoxy) is 3. The fourth-order valence-corrected chi connectivity index (χ4v) is 9.80. The lowest BCUT2D eigenvalue weighted by molar-refractivity contribution is -0.167. The van der Waals surface area contributed by atoms with E-state index in [2.05, 4.69) is 69.4 Å². The number of esters is 3. The first-order chi connectivity index (χ1) is 37.0. The third-order valence-corrected chi connectivity index (χ3v) is 14.8. The minimum atomic E-state index is -0.777. The van der Waals surface area contributed by atoms with E-state index in [4.69, 9.17) is 14.2 Å². The van der Waals surface area contributed by atoms with Crippen LogP contribution < -0.4 is 0 Å². The van der Waals surface area contributed by atoms with Crippen LogP contribution in [0.25, 0.3) is 0 Å². The molecule has 0 aromatic carbocycles. The van der Waals surface area contributed by atoms with Crippen molar-refractivity contribution < 1.29 is 28.6 Å². The van der Waals surface area contributed by atoms with E-state index in [0.717, 1.165) is 89.9 Å². The molecular formula is C69H126O6. The molecule has 1 unspecified atom stereocenters. The third-order valence-electron chi connectivity index (χ3n) is 14.8. The van der Waals surface area contributed by atoms with Crippen LogP contribution in [-0.2, 0) is 28.6 Å². The van der Waals surface area contributed by atoms with Crippen molar-refractivity contribution in [2.45, 2.75) is 361 Å². The van der Waals surface area contributed by atoms with Gasteiger partial charge in [0.15, 0.2) is 6.10 Å². The van der Waals surface area contributed by atoms with Gasteiger partial charge in [0.05, 0.1) is 0 Å². The normalized spacial score (nSPS) is 12.3. The average molecular weight is 1050 g/mol. The van der Waals surface area contributed by atoms with E-state index in [0.29, 0.717) is 19.3 Å². The standard InChI is InChI=1S/C69H126O6/c1-4-7-10-13-16-19-22-24-26-27-28-29-30-31-32-33-34-35-36-37-38-39-40-41-43-44-47-50-53-56-59-62-68(71)74-65-66(64-73-67(70)61-58-55-52-49-46-21-18-15-12-9-6-3)75-69(72)63-60-57-54-51-48-45-42-25-23-20-17-14-11-8-5-2/h17,20,22,24-25,27-28,42,66H,4-16,18-19,21,23,26,29-41,43-65H2,1-3H3/b20-17-,24-22-,28-27-,42-25-. The van der Waals surface area contributed by atoms with Crippen molar-refractivity contribution in [2.75, 3.05) is 13.2 Å². The number of hydrogen-bond donors (Lipinski definition) is 0. The summed E-state index contributed by atoms with van der Waals surface area (Å²) in [5.41, 5.74) is 0. The van der Waals surface area contributed by atoms with Crippen molar-refractivity contribution in [3.8, 4) is 0 Å². The van der Waals surface area contributed by atoms with E-state index in [9.17, 15) is 14.4 Å². The Morgan fingerprint density at radius 3 is 0.760 bits per heavy atom. The van der Waals surface area contributed by atoms with Gasteiger partial charge < -0.3 is 14.2 Å². The lowest BCUT2D eigenvalue weighted by Gasteiger charge is -2.18. The zero-order valence-corrected chi connectivity index (χ0v) is 50.3. The van der Waals surface area contributed by atoms with Crippen molar-refractivity contribution in [1.29, 1.82) is 0 Å². The second kappa shape index (κ2) is 63.9. The van der Waals surface area contributed by atoms with E-state index in [-0.39, 0.29) is 31.1 Å². The third kappa shape index (κ3) is 62.1.